The summed E-state index contributed by atoms with van der Waals surface area (Å²) in [4.78, 5) is 24.5. The van der Waals surface area contributed by atoms with E-state index in [9.17, 15) is 9.59 Å². The Labute approximate surface area is 158 Å². The van der Waals surface area contributed by atoms with E-state index in [1.165, 1.54) is 21.3 Å². The molecule has 0 saturated carbocycles. The second kappa shape index (κ2) is 8.62. The molecular weight excluding hydrogens is 350 g/mol. The molecule has 0 spiro atoms. The van der Waals surface area contributed by atoms with Crippen LogP contribution < -0.4 is 14.2 Å². The number of aryl methyl sites for hydroxylation is 1. The number of esters is 1. The minimum atomic E-state index is -0.511. The molecule has 0 atom stereocenters. The molecule has 0 aliphatic carbocycles. The first-order valence-electron chi connectivity index (χ1n) is 8.43. The summed E-state index contributed by atoms with van der Waals surface area (Å²) in [6, 6.07) is 5.15. The molecule has 0 amide bonds. The first-order chi connectivity index (χ1) is 12.8. The summed E-state index contributed by atoms with van der Waals surface area (Å²) >= 11 is 0. The molecule has 2 rings (SSSR count). The number of carbonyl (C=O) groups excluding carboxylic acids is 2. The number of benzene rings is 1. The molecule has 7 nitrogen and oxygen atoms in total. The van der Waals surface area contributed by atoms with Gasteiger partial charge in [-0.15, -0.1) is 0 Å². The molecular formula is C20H25NO6. The van der Waals surface area contributed by atoms with Gasteiger partial charge in [-0.2, -0.15) is 0 Å². The zero-order chi connectivity index (χ0) is 20.1. The minimum Gasteiger partial charge on any atom is -0.493 e. The van der Waals surface area contributed by atoms with E-state index in [4.69, 9.17) is 18.9 Å². The number of hydrogen-bond acceptors (Lipinski definition) is 6. The van der Waals surface area contributed by atoms with E-state index in [1.54, 1.807) is 18.2 Å². The van der Waals surface area contributed by atoms with Gasteiger partial charge in [0.25, 0.3) is 0 Å². The molecule has 0 radical (unpaired) electrons. The Morgan fingerprint density at radius 2 is 1.56 bits per heavy atom. The van der Waals surface area contributed by atoms with Gasteiger partial charge in [-0.05, 0) is 37.6 Å². The van der Waals surface area contributed by atoms with Gasteiger partial charge >= 0.3 is 5.97 Å². The second-order valence-corrected chi connectivity index (χ2v) is 6.14. The average molecular weight is 375 g/mol. The molecule has 27 heavy (non-hydrogen) atoms. The lowest BCUT2D eigenvalue weighted by atomic mass is 10.1. The Kier molecular flexibility index (Phi) is 6.50. The number of hydrogen-bond donors (Lipinski definition) is 0. The van der Waals surface area contributed by atoms with Crippen LogP contribution in [0.2, 0.25) is 0 Å². The number of carbonyl (C=O) groups is 2. The molecule has 0 bridgehead atoms. The molecule has 2 aromatic rings. The molecule has 0 unspecified atom stereocenters. The van der Waals surface area contributed by atoms with E-state index in [0.29, 0.717) is 28.4 Å². The second-order valence-electron chi connectivity index (χ2n) is 6.14. The summed E-state index contributed by atoms with van der Waals surface area (Å²) in [5.74, 6) is 0.608. The Bertz CT molecular complexity index is 827. The highest BCUT2D eigenvalue weighted by atomic mass is 16.5. The van der Waals surface area contributed by atoms with Crippen LogP contribution >= 0.6 is 0 Å². The molecule has 146 valence electrons. The maximum Gasteiger partial charge on any atom is 0.310 e. The third-order valence-corrected chi connectivity index (χ3v) is 4.51. The lowest BCUT2D eigenvalue weighted by molar-refractivity contribution is -0.141. The normalized spacial score (nSPS) is 10.4. The molecule has 0 saturated heterocycles. The molecule has 0 aliphatic rings. The van der Waals surface area contributed by atoms with E-state index in [2.05, 4.69) is 0 Å². The van der Waals surface area contributed by atoms with Crippen molar-refractivity contribution in [3.63, 3.8) is 0 Å². The Morgan fingerprint density at radius 3 is 2.00 bits per heavy atom. The van der Waals surface area contributed by atoms with Crippen LogP contribution in [0.3, 0.4) is 0 Å². The summed E-state index contributed by atoms with van der Waals surface area (Å²) in [6.45, 7) is 3.48. The van der Waals surface area contributed by atoms with Gasteiger partial charge in [-0.3, -0.25) is 9.59 Å². The van der Waals surface area contributed by atoms with Gasteiger partial charge < -0.3 is 23.5 Å². The van der Waals surface area contributed by atoms with E-state index in [1.807, 2.05) is 25.5 Å². The van der Waals surface area contributed by atoms with Crippen molar-refractivity contribution in [2.24, 2.45) is 7.05 Å². The predicted octanol–water partition coefficient (Wildman–Crippen LogP) is 2.64. The standard InChI is InChI=1S/C20H25NO6/c1-12-7-15(13(2)21(12)3)16(22)11-27-19(23)10-14-8-17(24-4)20(26-6)18(9-14)25-5/h7-9H,10-11H2,1-6H3. The average Bonchev–Trinajstić information content (AvgIpc) is 2.92. The van der Waals surface area contributed by atoms with Crippen molar-refractivity contribution in [2.45, 2.75) is 20.3 Å². The third-order valence-electron chi connectivity index (χ3n) is 4.51. The number of methoxy groups -OCH3 is 3. The van der Waals surface area contributed by atoms with Crippen LogP contribution in [-0.4, -0.2) is 44.3 Å². The monoisotopic (exact) mass is 375 g/mol. The summed E-state index contributed by atoms with van der Waals surface area (Å²) in [5.41, 5.74) is 3.02. The quantitative estimate of drug-likeness (QED) is 0.522. The van der Waals surface area contributed by atoms with E-state index < -0.39 is 5.97 Å². The zero-order valence-corrected chi connectivity index (χ0v) is 16.5. The molecule has 7 heteroatoms. The molecule has 0 N–H and O–H groups in total. The van der Waals surface area contributed by atoms with Crippen LogP contribution in [0.4, 0.5) is 0 Å². The minimum absolute atomic E-state index is 0.0171. The van der Waals surface area contributed by atoms with Crippen molar-refractivity contribution in [3.8, 4) is 17.2 Å². The first kappa shape index (κ1) is 20.4. The number of Topliss-reactive ketones (excluding diaryl/α,β-unsaturated/α-hetero) is 1. The van der Waals surface area contributed by atoms with Crippen LogP contribution in [0.5, 0.6) is 17.2 Å². The van der Waals surface area contributed by atoms with Crippen LogP contribution in [0.25, 0.3) is 0 Å². The molecule has 1 aromatic heterocycles. The van der Waals surface area contributed by atoms with Gasteiger partial charge in [-0.1, -0.05) is 0 Å². The third kappa shape index (κ3) is 4.42. The van der Waals surface area contributed by atoms with Gasteiger partial charge in [-0.25, -0.2) is 0 Å². The lowest BCUT2D eigenvalue weighted by Crippen LogP contribution is -2.16. The van der Waals surface area contributed by atoms with E-state index >= 15 is 0 Å². The van der Waals surface area contributed by atoms with Crippen LogP contribution in [-0.2, 0) is 23.0 Å². The predicted molar refractivity (Wildman–Crippen MR) is 100.0 cm³/mol. The largest absolute Gasteiger partial charge is 0.493 e. The number of ether oxygens (including phenoxy) is 4. The van der Waals surface area contributed by atoms with Crippen molar-refractivity contribution in [1.29, 1.82) is 0 Å². The first-order valence-corrected chi connectivity index (χ1v) is 8.43. The van der Waals surface area contributed by atoms with E-state index in [0.717, 1.165) is 11.4 Å². The van der Waals surface area contributed by atoms with Gasteiger partial charge in [0, 0.05) is 24.0 Å². The highest BCUT2D eigenvalue weighted by Gasteiger charge is 2.18. The van der Waals surface area contributed by atoms with Crippen molar-refractivity contribution in [1.82, 2.24) is 4.57 Å². The van der Waals surface area contributed by atoms with Gasteiger partial charge in [0.15, 0.2) is 18.1 Å². The van der Waals surface area contributed by atoms with Crippen molar-refractivity contribution in [2.75, 3.05) is 27.9 Å². The topological polar surface area (TPSA) is 76.0 Å². The van der Waals surface area contributed by atoms with Gasteiger partial charge in [0.1, 0.15) is 0 Å². The highest BCUT2D eigenvalue weighted by Crippen LogP contribution is 2.38. The number of rotatable bonds is 8. The van der Waals surface area contributed by atoms with Crippen LogP contribution in [0.15, 0.2) is 18.2 Å². The Morgan fingerprint density at radius 1 is 0.963 bits per heavy atom. The summed E-state index contributed by atoms with van der Waals surface area (Å²) < 4.78 is 22.9. The van der Waals surface area contributed by atoms with Gasteiger partial charge in [0.05, 0.1) is 27.8 Å². The number of ketones is 1. The molecule has 1 aromatic carbocycles. The van der Waals surface area contributed by atoms with Crippen molar-refractivity contribution in [3.05, 3.63) is 40.7 Å². The smallest absolute Gasteiger partial charge is 0.310 e. The highest BCUT2D eigenvalue weighted by molar-refractivity contribution is 5.99. The fourth-order valence-electron chi connectivity index (χ4n) is 2.82. The maximum atomic E-state index is 12.3. The summed E-state index contributed by atoms with van der Waals surface area (Å²) in [6.07, 6.45) is -0.0171. The van der Waals surface area contributed by atoms with Crippen LogP contribution in [0.1, 0.15) is 27.3 Å². The lowest BCUT2D eigenvalue weighted by Gasteiger charge is -2.14. The Hall–Kier alpha value is -2.96. The van der Waals surface area contributed by atoms with Gasteiger partial charge in [0.2, 0.25) is 11.5 Å². The summed E-state index contributed by atoms with van der Waals surface area (Å²) in [7, 11) is 6.40. The van der Waals surface area contributed by atoms with E-state index in [-0.39, 0.29) is 18.8 Å². The van der Waals surface area contributed by atoms with Crippen LogP contribution in [0, 0.1) is 13.8 Å². The molecule has 0 aliphatic heterocycles. The Balaban J connectivity index is 2.05. The van der Waals surface area contributed by atoms with Crippen molar-refractivity contribution < 1.29 is 28.5 Å². The fraction of sp³-hybridized carbons (Fsp3) is 0.400. The SMILES string of the molecule is COc1cc(CC(=O)OCC(=O)c2cc(C)n(C)c2C)cc(OC)c1OC. The molecule has 1 heterocycles. The van der Waals surface area contributed by atoms with Crippen molar-refractivity contribution >= 4 is 11.8 Å². The zero-order valence-electron chi connectivity index (χ0n) is 16.5. The molecule has 0 fully saturated rings. The fourth-order valence-corrected chi connectivity index (χ4v) is 2.82. The number of nitrogens with zero attached hydrogens (tertiary/aromatic N) is 1. The summed E-state index contributed by atoms with van der Waals surface area (Å²) in [5, 5.41) is 0. The maximum absolute atomic E-state index is 12.3. The number of aromatic nitrogens is 1.